The van der Waals surface area contributed by atoms with Crippen molar-refractivity contribution < 1.29 is 14.3 Å². The van der Waals surface area contributed by atoms with Gasteiger partial charge in [-0.25, -0.2) is 4.79 Å². The number of carbonyl (C=O) groups is 1. The number of hydrogen-bond donors (Lipinski definition) is 0. The van der Waals surface area contributed by atoms with Crippen molar-refractivity contribution in [3.05, 3.63) is 63.7 Å². The molecule has 2 aliphatic rings. The Labute approximate surface area is 161 Å². The lowest BCUT2D eigenvalue weighted by atomic mass is 9.95. The first kappa shape index (κ1) is 17.1. The first-order valence-corrected chi connectivity index (χ1v) is 9.58. The lowest BCUT2D eigenvalue weighted by molar-refractivity contribution is 0.0524. The van der Waals surface area contributed by atoms with Gasteiger partial charge in [0.25, 0.3) is 0 Å². The van der Waals surface area contributed by atoms with E-state index in [0.717, 1.165) is 40.6 Å². The predicted molar refractivity (Wildman–Crippen MR) is 104 cm³/mol. The Kier molecular flexibility index (Phi) is 4.02. The summed E-state index contributed by atoms with van der Waals surface area (Å²) in [6, 6.07) is 6.02. The molecule has 0 amide bonds. The largest absolute Gasteiger partial charge is 0.462 e. The predicted octanol–water partition coefficient (Wildman–Crippen LogP) is 3.61. The summed E-state index contributed by atoms with van der Waals surface area (Å²) in [4.78, 5) is 29.7. The van der Waals surface area contributed by atoms with Crippen LogP contribution in [0.15, 0.2) is 41.6 Å². The fourth-order valence-electron chi connectivity index (χ4n) is 3.97. The Morgan fingerprint density at radius 1 is 1.25 bits per heavy atom. The maximum Gasteiger partial charge on any atom is 0.343 e. The van der Waals surface area contributed by atoms with Crippen LogP contribution in [0.25, 0.3) is 22.0 Å². The Morgan fingerprint density at radius 2 is 2.11 bits per heavy atom. The number of benzene rings is 1. The van der Waals surface area contributed by atoms with Crippen LogP contribution in [0, 0.1) is 0 Å². The summed E-state index contributed by atoms with van der Waals surface area (Å²) in [5, 5.41) is 0.534. The summed E-state index contributed by atoms with van der Waals surface area (Å²) in [6.45, 7) is 2.89. The molecule has 142 valence electrons. The zero-order valence-electron chi connectivity index (χ0n) is 15.6. The van der Waals surface area contributed by atoms with Crippen molar-refractivity contribution in [2.45, 2.75) is 39.0 Å². The summed E-state index contributed by atoms with van der Waals surface area (Å²) in [5.74, 6) is -0.565. The molecule has 1 saturated carbocycles. The van der Waals surface area contributed by atoms with Crippen molar-refractivity contribution in [2.24, 2.45) is 0 Å². The number of esters is 1. The molecule has 3 aromatic rings. The quantitative estimate of drug-likeness (QED) is 0.653. The van der Waals surface area contributed by atoms with Crippen LogP contribution in [-0.2, 0) is 22.7 Å². The molecule has 0 spiro atoms. The van der Waals surface area contributed by atoms with E-state index in [1.807, 2.05) is 24.4 Å². The molecule has 28 heavy (non-hydrogen) atoms. The first-order valence-electron chi connectivity index (χ1n) is 9.58. The van der Waals surface area contributed by atoms with Gasteiger partial charge < -0.3 is 14.0 Å². The summed E-state index contributed by atoms with van der Waals surface area (Å²) in [7, 11) is 0. The fraction of sp³-hybridized carbons (Fsp3) is 0.318. The number of fused-ring (bicyclic) bond motifs is 5. The van der Waals surface area contributed by atoms with Crippen molar-refractivity contribution >= 4 is 16.9 Å². The van der Waals surface area contributed by atoms with Crippen LogP contribution < -0.4 is 5.43 Å². The van der Waals surface area contributed by atoms with Gasteiger partial charge in [0.1, 0.15) is 5.56 Å². The second-order valence-electron chi connectivity index (χ2n) is 7.24. The molecule has 0 atom stereocenters. The monoisotopic (exact) mass is 376 g/mol. The van der Waals surface area contributed by atoms with E-state index in [1.165, 1.54) is 0 Å². The molecule has 5 rings (SSSR count). The molecule has 3 heterocycles. The lowest BCUT2D eigenvalue weighted by Crippen LogP contribution is -2.21. The van der Waals surface area contributed by atoms with E-state index in [2.05, 4.69) is 9.55 Å². The zero-order valence-corrected chi connectivity index (χ0v) is 15.6. The molecule has 0 radical (unpaired) electrons. The molecule has 0 saturated heterocycles. The highest BCUT2D eigenvalue weighted by Gasteiger charge is 2.29. The fourth-order valence-corrected chi connectivity index (χ4v) is 3.97. The van der Waals surface area contributed by atoms with Crippen molar-refractivity contribution in [3.8, 4) is 11.1 Å². The maximum atomic E-state index is 13.1. The molecule has 0 bridgehead atoms. The summed E-state index contributed by atoms with van der Waals surface area (Å²) < 4.78 is 13.1. The highest BCUT2D eigenvalue weighted by Crippen LogP contribution is 2.41. The summed E-state index contributed by atoms with van der Waals surface area (Å²) in [6.07, 6.45) is 7.35. The molecule has 6 heteroatoms. The van der Waals surface area contributed by atoms with Crippen LogP contribution in [0.3, 0.4) is 0 Å². The van der Waals surface area contributed by atoms with E-state index in [4.69, 9.17) is 9.47 Å². The van der Waals surface area contributed by atoms with Crippen LogP contribution in [0.4, 0.5) is 0 Å². The van der Waals surface area contributed by atoms with Gasteiger partial charge in [0, 0.05) is 41.1 Å². The van der Waals surface area contributed by atoms with E-state index in [0.29, 0.717) is 24.6 Å². The van der Waals surface area contributed by atoms with E-state index in [1.54, 1.807) is 19.3 Å². The van der Waals surface area contributed by atoms with Crippen LogP contribution in [0.5, 0.6) is 0 Å². The third-order valence-corrected chi connectivity index (χ3v) is 5.44. The topological polar surface area (TPSA) is 70.4 Å². The third kappa shape index (κ3) is 2.64. The summed E-state index contributed by atoms with van der Waals surface area (Å²) in [5.41, 5.74) is 4.78. The van der Waals surface area contributed by atoms with Crippen LogP contribution in [0.1, 0.15) is 47.3 Å². The average molecular weight is 376 g/mol. The zero-order chi connectivity index (χ0) is 19.3. The number of rotatable bonds is 3. The molecule has 0 unspecified atom stereocenters. The van der Waals surface area contributed by atoms with Crippen LogP contribution in [0.2, 0.25) is 0 Å². The Morgan fingerprint density at radius 3 is 2.89 bits per heavy atom. The van der Waals surface area contributed by atoms with Crippen molar-refractivity contribution in [2.75, 3.05) is 6.61 Å². The normalized spacial score (nSPS) is 15.6. The smallest absolute Gasteiger partial charge is 0.343 e. The molecular weight excluding hydrogens is 356 g/mol. The molecular formula is C22H20N2O4. The van der Waals surface area contributed by atoms with Gasteiger partial charge in [-0.3, -0.25) is 9.78 Å². The first-order chi connectivity index (χ1) is 13.7. The molecule has 2 aromatic heterocycles. The van der Waals surface area contributed by atoms with Gasteiger partial charge in [0.05, 0.1) is 25.3 Å². The second kappa shape index (κ2) is 6.56. The number of ether oxygens (including phenoxy) is 2. The maximum absolute atomic E-state index is 13.1. The van der Waals surface area contributed by atoms with E-state index in [-0.39, 0.29) is 17.6 Å². The Bertz CT molecular complexity index is 1160. The number of pyridine rings is 2. The highest BCUT2D eigenvalue weighted by molar-refractivity contribution is 5.96. The minimum absolute atomic E-state index is 0.0952. The van der Waals surface area contributed by atoms with Crippen molar-refractivity contribution in [3.63, 3.8) is 0 Å². The van der Waals surface area contributed by atoms with E-state index in [9.17, 15) is 9.59 Å². The van der Waals surface area contributed by atoms with Crippen molar-refractivity contribution in [1.29, 1.82) is 0 Å². The number of aromatic nitrogens is 2. The van der Waals surface area contributed by atoms with Gasteiger partial charge in [-0.05, 0) is 43.0 Å². The molecule has 1 fully saturated rings. The van der Waals surface area contributed by atoms with Crippen LogP contribution >= 0.6 is 0 Å². The van der Waals surface area contributed by atoms with Gasteiger partial charge in [0.2, 0.25) is 5.43 Å². The van der Waals surface area contributed by atoms with Gasteiger partial charge in [-0.2, -0.15) is 0 Å². The molecule has 0 N–H and O–H groups in total. The SMILES string of the molecule is CCOC(=O)c1cn(C2CC2)c2c3c(ccc2c1=O)-c1cnccc1COC3. The summed E-state index contributed by atoms with van der Waals surface area (Å²) >= 11 is 0. The van der Waals surface area contributed by atoms with Crippen LogP contribution in [-0.4, -0.2) is 22.1 Å². The minimum Gasteiger partial charge on any atom is -0.462 e. The molecule has 1 aliphatic heterocycles. The number of nitrogens with zero attached hydrogens (tertiary/aromatic N) is 2. The second-order valence-corrected chi connectivity index (χ2v) is 7.24. The molecule has 1 aromatic carbocycles. The molecule has 6 nitrogen and oxygen atoms in total. The minimum atomic E-state index is -0.565. The number of carbonyl (C=O) groups excluding carboxylic acids is 1. The van der Waals surface area contributed by atoms with E-state index < -0.39 is 5.97 Å². The van der Waals surface area contributed by atoms with E-state index >= 15 is 0 Å². The Hall–Kier alpha value is -2.99. The van der Waals surface area contributed by atoms with Gasteiger partial charge in [-0.1, -0.05) is 6.07 Å². The Balaban J connectivity index is 1.83. The van der Waals surface area contributed by atoms with Gasteiger partial charge >= 0.3 is 5.97 Å². The average Bonchev–Trinajstić information content (AvgIpc) is 3.55. The number of hydrogen-bond acceptors (Lipinski definition) is 5. The standard InChI is InChI=1S/C22H20N2O4/c1-2-28-22(26)18-10-24(14-3-4-14)20-16(21(18)25)6-5-15-17-9-23-8-7-13(17)11-27-12-19(15)20/h5-10,14H,2-4,11-12H2,1H3. The highest BCUT2D eigenvalue weighted by atomic mass is 16.5. The van der Waals surface area contributed by atoms with Gasteiger partial charge in [-0.15, -0.1) is 0 Å². The van der Waals surface area contributed by atoms with Crippen molar-refractivity contribution in [1.82, 2.24) is 9.55 Å². The lowest BCUT2D eigenvalue weighted by Gasteiger charge is -2.18. The van der Waals surface area contributed by atoms with Gasteiger partial charge in [0.15, 0.2) is 0 Å². The molecule has 1 aliphatic carbocycles. The third-order valence-electron chi connectivity index (χ3n) is 5.44.